The zero-order chi connectivity index (χ0) is 23.3. The van der Waals surface area contributed by atoms with Crippen LogP contribution in [-0.2, 0) is 18.9 Å². The van der Waals surface area contributed by atoms with E-state index in [0.717, 1.165) is 12.1 Å². The molecule has 4 aromatic rings. The lowest BCUT2D eigenvalue weighted by Crippen LogP contribution is -2.14. The Hall–Kier alpha value is -3.40. The van der Waals surface area contributed by atoms with Gasteiger partial charge in [0.2, 0.25) is 11.8 Å². The maximum Gasteiger partial charge on any atom is 0.431 e. The second kappa shape index (κ2) is 7.63. The minimum Gasteiger partial charge on any atom is -0.419 e. The maximum atomic E-state index is 13.7. The second-order valence-electron chi connectivity index (χ2n) is 6.51. The molecule has 0 saturated heterocycles. The number of pyridine rings is 1. The van der Waals surface area contributed by atoms with Crippen LogP contribution < -0.4 is 0 Å². The van der Waals surface area contributed by atoms with Crippen LogP contribution in [0.4, 0.5) is 32.0 Å². The number of alkyl halides is 6. The first kappa shape index (κ1) is 21.8. The molecule has 1 aromatic carbocycles. The summed E-state index contributed by atoms with van der Waals surface area (Å²) in [4.78, 5) is 6.73. The molecule has 0 aliphatic heterocycles. The Labute approximate surface area is 183 Å². The molecule has 3 heterocycles. The summed E-state index contributed by atoms with van der Waals surface area (Å²) in [7, 11) is 0. The van der Waals surface area contributed by atoms with Crippen molar-refractivity contribution in [3.63, 3.8) is 0 Å². The number of hydrogen-bond acceptors (Lipinski definition) is 4. The van der Waals surface area contributed by atoms with Crippen LogP contribution in [0.2, 0.25) is 0 Å². The smallest absolute Gasteiger partial charge is 0.419 e. The molecule has 0 N–H and O–H groups in total. The minimum absolute atomic E-state index is 0.0231. The van der Waals surface area contributed by atoms with Gasteiger partial charge in [-0.25, -0.2) is 4.85 Å². The molecule has 164 valence electrons. The monoisotopic (exact) mass is 515 g/mol. The summed E-state index contributed by atoms with van der Waals surface area (Å²) in [6, 6.07) is 3.84. The quantitative estimate of drug-likeness (QED) is 0.231. The summed E-state index contributed by atoms with van der Waals surface area (Å²) in [5.41, 5.74) is -3.55. The molecule has 0 aliphatic carbocycles. The largest absolute Gasteiger partial charge is 0.431 e. The Morgan fingerprint density at radius 2 is 1.78 bits per heavy atom. The fourth-order valence-electron chi connectivity index (χ4n) is 3.22. The standard InChI is InChI=1S/C19H8BrF6N5O/c1-27-12-2-3-13-11(16(12)19(24,25)26)5-14(18(21,22)23)31(13)8-15-29-30-17(32-15)9-4-10(20)7-28-6-9/h2-7H,8H2. The van der Waals surface area contributed by atoms with E-state index in [2.05, 4.69) is 36.0 Å². The number of rotatable bonds is 3. The van der Waals surface area contributed by atoms with Crippen molar-refractivity contribution in [2.45, 2.75) is 18.9 Å². The molecule has 0 fully saturated rings. The highest BCUT2D eigenvalue weighted by atomic mass is 79.9. The lowest BCUT2D eigenvalue weighted by molar-refractivity contribution is -0.143. The van der Waals surface area contributed by atoms with E-state index < -0.39 is 41.2 Å². The van der Waals surface area contributed by atoms with E-state index in [1.807, 2.05) is 0 Å². The van der Waals surface area contributed by atoms with Gasteiger partial charge in [0.1, 0.15) is 12.2 Å². The van der Waals surface area contributed by atoms with Crippen molar-refractivity contribution in [2.75, 3.05) is 0 Å². The van der Waals surface area contributed by atoms with Gasteiger partial charge in [-0.2, -0.15) is 26.3 Å². The molecule has 0 amide bonds. The highest BCUT2D eigenvalue weighted by Crippen LogP contribution is 2.44. The van der Waals surface area contributed by atoms with Gasteiger partial charge < -0.3 is 8.98 Å². The van der Waals surface area contributed by atoms with E-state index in [1.165, 1.54) is 12.4 Å². The zero-order valence-electron chi connectivity index (χ0n) is 15.5. The molecule has 0 spiro atoms. The van der Waals surface area contributed by atoms with Crippen molar-refractivity contribution in [1.29, 1.82) is 0 Å². The SMILES string of the molecule is [C-]#[N+]c1ccc2c(cc(C(F)(F)F)n2Cc2nnc(-c3cncc(Br)c3)o2)c1C(F)(F)F. The first-order valence-corrected chi connectivity index (χ1v) is 9.39. The fourth-order valence-corrected chi connectivity index (χ4v) is 3.58. The van der Waals surface area contributed by atoms with E-state index in [1.54, 1.807) is 6.07 Å². The van der Waals surface area contributed by atoms with Crippen LogP contribution in [0.5, 0.6) is 0 Å². The number of benzene rings is 1. The number of hydrogen-bond donors (Lipinski definition) is 0. The molecule has 0 radical (unpaired) electrons. The predicted molar refractivity (Wildman–Crippen MR) is 103 cm³/mol. The highest BCUT2D eigenvalue weighted by Gasteiger charge is 2.40. The molecule has 6 nitrogen and oxygen atoms in total. The van der Waals surface area contributed by atoms with Crippen molar-refractivity contribution in [3.8, 4) is 11.5 Å². The zero-order valence-corrected chi connectivity index (χ0v) is 17.0. The molecule has 0 atom stereocenters. The molecular formula is C19H8BrF6N5O. The fraction of sp³-hybridized carbons (Fsp3) is 0.158. The van der Waals surface area contributed by atoms with Crippen LogP contribution in [0.1, 0.15) is 17.1 Å². The maximum absolute atomic E-state index is 13.7. The summed E-state index contributed by atoms with van der Waals surface area (Å²) in [5.74, 6) is -0.282. The molecule has 0 saturated carbocycles. The van der Waals surface area contributed by atoms with Gasteiger partial charge in [-0.1, -0.05) is 6.07 Å². The van der Waals surface area contributed by atoms with Gasteiger partial charge in [-0.15, -0.1) is 10.2 Å². The Bertz CT molecular complexity index is 1370. The van der Waals surface area contributed by atoms with Crippen molar-refractivity contribution < 1.29 is 30.8 Å². The Balaban J connectivity index is 1.87. The topological polar surface area (TPSA) is 61.1 Å². The molecule has 13 heteroatoms. The molecule has 32 heavy (non-hydrogen) atoms. The number of fused-ring (bicyclic) bond motifs is 1. The van der Waals surface area contributed by atoms with E-state index >= 15 is 0 Å². The van der Waals surface area contributed by atoms with Gasteiger partial charge in [0, 0.05) is 27.8 Å². The first-order chi connectivity index (χ1) is 15.0. The second-order valence-corrected chi connectivity index (χ2v) is 7.42. The summed E-state index contributed by atoms with van der Waals surface area (Å²) < 4.78 is 88.3. The third kappa shape index (κ3) is 3.93. The third-order valence-corrected chi connectivity index (χ3v) is 4.90. The average molecular weight is 516 g/mol. The molecule has 0 unspecified atom stereocenters. The molecule has 4 rings (SSSR count). The Kier molecular flexibility index (Phi) is 5.20. The predicted octanol–water partition coefficient (Wildman–Crippen LogP) is 6.49. The lowest BCUT2D eigenvalue weighted by atomic mass is 10.1. The van der Waals surface area contributed by atoms with Gasteiger partial charge in [-0.3, -0.25) is 4.98 Å². The first-order valence-electron chi connectivity index (χ1n) is 8.60. The van der Waals surface area contributed by atoms with Crippen LogP contribution in [0.15, 0.2) is 45.5 Å². The van der Waals surface area contributed by atoms with Crippen LogP contribution in [0.25, 0.3) is 27.2 Å². The van der Waals surface area contributed by atoms with Gasteiger partial charge >= 0.3 is 12.4 Å². The molecule has 0 bridgehead atoms. The van der Waals surface area contributed by atoms with Gasteiger partial charge in [0.25, 0.3) is 0 Å². The van der Waals surface area contributed by atoms with Crippen molar-refractivity contribution in [1.82, 2.24) is 19.7 Å². The molecule has 3 aromatic heterocycles. The number of halogens is 7. The average Bonchev–Trinajstić information content (AvgIpc) is 3.31. The summed E-state index contributed by atoms with van der Waals surface area (Å²) >= 11 is 3.21. The van der Waals surface area contributed by atoms with Gasteiger partial charge in [-0.05, 0) is 34.1 Å². The van der Waals surface area contributed by atoms with Gasteiger partial charge in [0.15, 0.2) is 5.69 Å². The third-order valence-electron chi connectivity index (χ3n) is 4.47. The lowest BCUT2D eigenvalue weighted by Gasteiger charge is -2.12. The normalized spacial score (nSPS) is 12.3. The summed E-state index contributed by atoms with van der Waals surface area (Å²) in [5, 5.41) is 6.74. The summed E-state index contributed by atoms with van der Waals surface area (Å²) in [6.07, 6.45) is -7.11. The van der Waals surface area contributed by atoms with E-state index in [0.29, 0.717) is 20.7 Å². The van der Waals surface area contributed by atoms with Crippen molar-refractivity contribution >= 4 is 32.5 Å². The van der Waals surface area contributed by atoms with Crippen LogP contribution >= 0.6 is 15.9 Å². The molecular weight excluding hydrogens is 508 g/mol. The number of aromatic nitrogens is 4. The minimum atomic E-state index is -5.03. The van der Waals surface area contributed by atoms with Crippen molar-refractivity contribution in [3.05, 3.63) is 69.7 Å². The Morgan fingerprint density at radius 1 is 1.03 bits per heavy atom. The summed E-state index contributed by atoms with van der Waals surface area (Å²) in [6.45, 7) is 6.32. The Morgan fingerprint density at radius 3 is 2.41 bits per heavy atom. The van der Waals surface area contributed by atoms with Crippen LogP contribution in [0, 0.1) is 6.57 Å². The van der Waals surface area contributed by atoms with Gasteiger partial charge in [0.05, 0.1) is 17.7 Å². The molecule has 0 aliphatic rings. The van der Waals surface area contributed by atoms with Crippen molar-refractivity contribution in [2.24, 2.45) is 0 Å². The van der Waals surface area contributed by atoms with E-state index in [-0.39, 0.29) is 17.3 Å². The van der Waals surface area contributed by atoms with E-state index in [4.69, 9.17) is 11.0 Å². The van der Waals surface area contributed by atoms with Crippen LogP contribution in [-0.4, -0.2) is 19.7 Å². The highest BCUT2D eigenvalue weighted by molar-refractivity contribution is 9.10. The van der Waals surface area contributed by atoms with Crippen LogP contribution in [0.3, 0.4) is 0 Å². The number of nitrogens with zero attached hydrogens (tertiary/aromatic N) is 5. The van der Waals surface area contributed by atoms with E-state index in [9.17, 15) is 26.3 Å².